The highest BCUT2D eigenvalue weighted by Gasteiger charge is 2.39. The van der Waals surface area contributed by atoms with Gasteiger partial charge >= 0.3 is 5.97 Å². The molecule has 188 valence electrons. The number of hydrogen-bond acceptors (Lipinski definition) is 7. The highest BCUT2D eigenvalue weighted by atomic mass is 16.4. The number of nitrogens with zero attached hydrogens (tertiary/aromatic N) is 2. The van der Waals surface area contributed by atoms with Crippen LogP contribution in [0.25, 0.3) is 0 Å². The quantitative estimate of drug-likeness (QED) is 0.205. The monoisotopic (exact) mass is 477 g/mol. The maximum atomic E-state index is 13.1. The number of aromatic amines is 1. The molecule has 0 aliphatic carbocycles. The Bertz CT molecular complexity index is 841. The topological polar surface area (TPSA) is 183 Å². The maximum absolute atomic E-state index is 13.1. The van der Waals surface area contributed by atoms with Crippen molar-refractivity contribution in [1.29, 1.82) is 0 Å². The van der Waals surface area contributed by atoms with E-state index in [4.69, 9.17) is 5.73 Å². The molecular formula is C22H35N7O5. The lowest BCUT2D eigenvalue weighted by Gasteiger charge is -2.28. The molecule has 3 heterocycles. The minimum absolute atomic E-state index is 0.0316. The van der Waals surface area contributed by atoms with E-state index in [1.165, 1.54) is 12.5 Å². The molecule has 2 fully saturated rings. The Morgan fingerprint density at radius 2 is 2.00 bits per heavy atom. The first kappa shape index (κ1) is 25.6. The molecule has 0 bridgehead atoms. The summed E-state index contributed by atoms with van der Waals surface area (Å²) < 4.78 is 0. The molecule has 1 aromatic rings. The first-order chi connectivity index (χ1) is 16.4. The van der Waals surface area contributed by atoms with E-state index >= 15 is 0 Å². The van der Waals surface area contributed by atoms with Crippen LogP contribution < -0.4 is 21.7 Å². The van der Waals surface area contributed by atoms with E-state index in [0.29, 0.717) is 50.9 Å². The molecule has 1 aromatic heterocycles. The molecule has 0 aromatic carbocycles. The summed E-state index contributed by atoms with van der Waals surface area (Å²) in [7, 11) is 0. The Balaban J connectivity index is 1.65. The molecule has 3 amide bonds. The Hall–Kier alpha value is -2.99. The van der Waals surface area contributed by atoms with Crippen molar-refractivity contribution in [3.63, 3.8) is 0 Å². The molecule has 0 saturated carbocycles. The number of hydrogen-bond donors (Lipinski definition) is 6. The molecule has 34 heavy (non-hydrogen) atoms. The van der Waals surface area contributed by atoms with Crippen LogP contribution in [-0.4, -0.2) is 87.5 Å². The number of carboxylic acids is 1. The van der Waals surface area contributed by atoms with Gasteiger partial charge in [0.25, 0.3) is 0 Å². The van der Waals surface area contributed by atoms with Crippen LogP contribution in [-0.2, 0) is 25.6 Å². The van der Waals surface area contributed by atoms with Gasteiger partial charge in [-0.3, -0.25) is 14.4 Å². The van der Waals surface area contributed by atoms with E-state index in [9.17, 15) is 24.3 Å². The number of rotatable bonds is 12. The lowest BCUT2D eigenvalue weighted by molar-refractivity contribution is -0.143. The number of H-pyrrole nitrogens is 1. The number of amides is 3. The van der Waals surface area contributed by atoms with Crippen LogP contribution in [0.3, 0.4) is 0 Å². The molecule has 2 aliphatic rings. The van der Waals surface area contributed by atoms with Crippen molar-refractivity contribution < 1.29 is 24.3 Å². The number of likely N-dealkylation sites (tertiary alicyclic amines) is 1. The Kier molecular flexibility index (Phi) is 9.40. The van der Waals surface area contributed by atoms with Crippen LogP contribution in [0.2, 0.25) is 0 Å². The zero-order valence-electron chi connectivity index (χ0n) is 19.3. The molecule has 2 saturated heterocycles. The maximum Gasteiger partial charge on any atom is 0.326 e. The summed E-state index contributed by atoms with van der Waals surface area (Å²) in [6.07, 6.45) is 7.44. The van der Waals surface area contributed by atoms with Gasteiger partial charge in [0.15, 0.2) is 0 Å². The van der Waals surface area contributed by atoms with Gasteiger partial charge in [-0.05, 0) is 58.0 Å². The van der Waals surface area contributed by atoms with Gasteiger partial charge in [-0.15, -0.1) is 0 Å². The van der Waals surface area contributed by atoms with Crippen molar-refractivity contribution in [1.82, 2.24) is 30.8 Å². The summed E-state index contributed by atoms with van der Waals surface area (Å²) in [4.78, 5) is 59.0. The number of nitrogens with two attached hydrogens (primary N) is 1. The normalized spacial score (nSPS) is 21.7. The average molecular weight is 478 g/mol. The van der Waals surface area contributed by atoms with Gasteiger partial charge in [0.05, 0.1) is 12.4 Å². The van der Waals surface area contributed by atoms with E-state index in [2.05, 4.69) is 25.9 Å². The molecule has 3 rings (SSSR count). The van der Waals surface area contributed by atoms with E-state index in [0.717, 1.165) is 19.4 Å². The van der Waals surface area contributed by atoms with Crippen LogP contribution in [0, 0.1) is 0 Å². The number of carbonyl (C=O) groups excluding carboxylic acids is 3. The zero-order valence-corrected chi connectivity index (χ0v) is 19.3. The fourth-order valence-electron chi connectivity index (χ4n) is 4.52. The van der Waals surface area contributed by atoms with E-state index in [-0.39, 0.29) is 18.4 Å². The SMILES string of the molecule is NCCCCC(NC(=O)C1CCCN1C(=O)C1CCCN1)C(=O)NC(Cc1cnc[nH]1)C(=O)O. The lowest BCUT2D eigenvalue weighted by Crippen LogP contribution is -2.56. The van der Waals surface area contributed by atoms with Gasteiger partial charge in [0, 0.05) is 24.9 Å². The first-order valence-electron chi connectivity index (χ1n) is 12.0. The predicted molar refractivity (Wildman–Crippen MR) is 122 cm³/mol. The van der Waals surface area contributed by atoms with Crippen molar-refractivity contribution in [2.24, 2.45) is 5.73 Å². The molecular weight excluding hydrogens is 442 g/mol. The second-order valence-electron chi connectivity index (χ2n) is 8.86. The second kappa shape index (κ2) is 12.5. The number of nitrogens with one attached hydrogen (secondary N) is 4. The third-order valence-electron chi connectivity index (χ3n) is 6.37. The Labute approximate surface area is 198 Å². The van der Waals surface area contributed by atoms with Crippen LogP contribution in [0.5, 0.6) is 0 Å². The van der Waals surface area contributed by atoms with Crippen molar-refractivity contribution >= 4 is 23.7 Å². The van der Waals surface area contributed by atoms with Crippen molar-refractivity contribution in [3.05, 3.63) is 18.2 Å². The third-order valence-corrected chi connectivity index (χ3v) is 6.37. The highest BCUT2D eigenvalue weighted by Crippen LogP contribution is 2.21. The van der Waals surface area contributed by atoms with Crippen LogP contribution >= 0.6 is 0 Å². The third kappa shape index (κ3) is 6.76. The Morgan fingerprint density at radius 1 is 1.18 bits per heavy atom. The minimum Gasteiger partial charge on any atom is -0.480 e. The number of carboxylic acid groups (broad SMARTS) is 1. The van der Waals surface area contributed by atoms with Gasteiger partial charge in [-0.1, -0.05) is 0 Å². The molecule has 4 atom stereocenters. The molecule has 12 nitrogen and oxygen atoms in total. The molecule has 2 aliphatic heterocycles. The number of aliphatic carboxylic acids is 1. The van der Waals surface area contributed by atoms with Gasteiger partial charge in [0.1, 0.15) is 18.1 Å². The smallest absolute Gasteiger partial charge is 0.326 e. The van der Waals surface area contributed by atoms with Gasteiger partial charge in [-0.25, -0.2) is 9.78 Å². The number of unbranched alkanes of at least 4 members (excludes halogenated alkanes) is 1. The summed E-state index contributed by atoms with van der Waals surface area (Å²) in [5.74, 6) is -2.24. The Morgan fingerprint density at radius 3 is 2.65 bits per heavy atom. The summed E-state index contributed by atoms with van der Waals surface area (Å²) in [6, 6.07) is -3.01. The van der Waals surface area contributed by atoms with E-state index in [1.807, 2.05) is 0 Å². The standard InChI is InChI=1S/C22H35N7O5/c23-8-2-1-5-15(19(30)28-17(22(33)34)11-14-12-24-13-26-14)27-20(31)18-7-4-10-29(18)21(32)16-6-3-9-25-16/h12-13,15-18,25H,1-11,23H2,(H,24,26)(H,27,31)(H,28,30)(H,33,34). The molecule has 0 spiro atoms. The van der Waals surface area contributed by atoms with Crippen molar-refractivity contribution in [3.8, 4) is 0 Å². The van der Waals surface area contributed by atoms with Crippen molar-refractivity contribution in [2.75, 3.05) is 19.6 Å². The van der Waals surface area contributed by atoms with E-state index < -0.39 is 35.9 Å². The van der Waals surface area contributed by atoms with E-state index in [1.54, 1.807) is 4.90 Å². The number of imidazole rings is 1. The molecule has 12 heteroatoms. The molecule has 4 unspecified atom stereocenters. The summed E-state index contributed by atoms with van der Waals surface area (Å²) in [5.41, 5.74) is 6.14. The lowest BCUT2D eigenvalue weighted by atomic mass is 10.1. The number of aromatic nitrogens is 2. The number of carbonyl (C=O) groups is 4. The summed E-state index contributed by atoms with van der Waals surface area (Å²) in [6.45, 7) is 1.73. The van der Waals surface area contributed by atoms with Gasteiger partial charge in [0.2, 0.25) is 17.7 Å². The predicted octanol–water partition coefficient (Wildman–Crippen LogP) is -1.12. The molecule has 7 N–H and O–H groups in total. The minimum atomic E-state index is -1.19. The first-order valence-corrected chi connectivity index (χ1v) is 12.0. The average Bonchev–Trinajstić information content (AvgIpc) is 3.60. The van der Waals surface area contributed by atoms with Crippen LogP contribution in [0.15, 0.2) is 12.5 Å². The zero-order chi connectivity index (χ0) is 24.5. The highest BCUT2D eigenvalue weighted by molar-refractivity contribution is 5.94. The fourth-order valence-corrected chi connectivity index (χ4v) is 4.52. The van der Waals surface area contributed by atoms with Crippen LogP contribution in [0.4, 0.5) is 0 Å². The summed E-state index contributed by atoms with van der Waals surface area (Å²) >= 11 is 0. The van der Waals surface area contributed by atoms with Crippen molar-refractivity contribution in [2.45, 2.75) is 75.5 Å². The largest absolute Gasteiger partial charge is 0.480 e. The van der Waals surface area contributed by atoms with Gasteiger partial charge in [-0.2, -0.15) is 0 Å². The molecule has 0 radical (unpaired) electrons. The summed E-state index contributed by atoms with van der Waals surface area (Å²) in [5, 5.41) is 18.1. The second-order valence-corrected chi connectivity index (χ2v) is 8.86. The fraction of sp³-hybridized carbons (Fsp3) is 0.682. The van der Waals surface area contributed by atoms with Gasteiger partial charge < -0.3 is 36.7 Å². The van der Waals surface area contributed by atoms with Crippen LogP contribution in [0.1, 0.15) is 50.6 Å².